The third-order valence-corrected chi connectivity index (χ3v) is 3.24. The van der Waals surface area contributed by atoms with Gasteiger partial charge in [-0.2, -0.15) is 0 Å². The van der Waals surface area contributed by atoms with Crippen LogP contribution in [0.15, 0.2) is 18.2 Å². The molecule has 0 spiro atoms. The quantitative estimate of drug-likeness (QED) is 0.917. The Labute approximate surface area is 124 Å². The highest BCUT2D eigenvalue weighted by Gasteiger charge is 2.19. The largest absolute Gasteiger partial charge is 0.476 e. The highest BCUT2D eigenvalue weighted by molar-refractivity contribution is 6.35. The lowest BCUT2D eigenvalue weighted by Gasteiger charge is -2.08. The predicted molar refractivity (Wildman–Crippen MR) is 73.3 cm³/mol. The van der Waals surface area contributed by atoms with Gasteiger partial charge in [0.2, 0.25) is 0 Å². The summed E-state index contributed by atoms with van der Waals surface area (Å²) in [6.07, 6.45) is 0. The molecule has 0 unspecified atom stereocenters. The van der Waals surface area contributed by atoms with E-state index in [0.717, 1.165) is 5.56 Å². The number of aromatic carboxylic acids is 1. The van der Waals surface area contributed by atoms with Crippen LogP contribution in [0.2, 0.25) is 10.0 Å². The van der Waals surface area contributed by atoms with E-state index >= 15 is 0 Å². The third kappa shape index (κ3) is 3.09. The van der Waals surface area contributed by atoms with E-state index in [-0.39, 0.29) is 18.8 Å². The van der Waals surface area contributed by atoms with Gasteiger partial charge >= 0.3 is 5.97 Å². The molecule has 8 heteroatoms. The Morgan fingerprint density at radius 1 is 1.45 bits per heavy atom. The topological polar surface area (TPSA) is 77.2 Å². The average Bonchev–Trinajstić information content (AvgIpc) is 2.77. The second-order valence-corrected chi connectivity index (χ2v) is 4.86. The van der Waals surface area contributed by atoms with Crippen molar-refractivity contribution in [2.45, 2.75) is 13.2 Å². The van der Waals surface area contributed by atoms with Crippen LogP contribution in [0.5, 0.6) is 0 Å². The molecule has 0 atom stereocenters. The van der Waals surface area contributed by atoms with Crippen LogP contribution < -0.4 is 0 Å². The Balaban J connectivity index is 2.35. The van der Waals surface area contributed by atoms with Crippen molar-refractivity contribution in [3.63, 3.8) is 0 Å². The first kappa shape index (κ1) is 14.8. The van der Waals surface area contributed by atoms with Crippen molar-refractivity contribution in [3.8, 4) is 0 Å². The van der Waals surface area contributed by atoms with Gasteiger partial charge in [0.15, 0.2) is 5.69 Å². The zero-order valence-corrected chi connectivity index (χ0v) is 12.0. The van der Waals surface area contributed by atoms with E-state index < -0.39 is 5.97 Å². The number of benzene rings is 1. The lowest BCUT2D eigenvalue weighted by atomic mass is 10.2. The summed E-state index contributed by atoms with van der Waals surface area (Å²) in [5.74, 6) is -1.15. The van der Waals surface area contributed by atoms with Crippen LogP contribution in [0.25, 0.3) is 0 Å². The van der Waals surface area contributed by atoms with Crippen LogP contribution in [0.3, 0.4) is 0 Å². The van der Waals surface area contributed by atoms with E-state index in [2.05, 4.69) is 10.3 Å². The van der Waals surface area contributed by atoms with Crippen LogP contribution >= 0.6 is 23.2 Å². The molecule has 0 aliphatic rings. The fraction of sp³-hybridized carbons (Fsp3) is 0.250. The van der Waals surface area contributed by atoms with Crippen LogP contribution in [0.4, 0.5) is 0 Å². The Bertz CT molecular complexity index is 643. The van der Waals surface area contributed by atoms with Crippen molar-refractivity contribution < 1.29 is 14.6 Å². The molecule has 2 rings (SSSR count). The van der Waals surface area contributed by atoms with E-state index in [4.69, 9.17) is 33.0 Å². The van der Waals surface area contributed by atoms with Crippen LogP contribution in [-0.2, 0) is 17.9 Å². The number of hydrogen-bond donors (Lipinski definition) is 1. The van der Waals surface area contributed by atoms with Crippen molar-refractivity contribution in [1.29, 1.82) is 0 Å². The summed E-state index contributed by atoms with van der Waals surface area (Å²) in [6, 6.07) is 5.07. The molecule has 6 nitrogen and oxygen atoms in total. The molecule has 0 aliphatic carbocycles. The van der Waals surface area contributed by atoms with Gasteiger partial charge in [-0.05, 0) is 17.7 Å². The van der Waals surface area contributed by atoms with E-state index in [0.29, 0.717) is 15.7 Å². The Morgan fingerprint density at radius 3 is 2.80 bits per heavy atom. The zero-order chi connectivity index (χ0) is 14.7. The summed E-state index contributed by atoms with van der Waals surface area (Å²) in [7, 11) is 1.47. The van der Waals surface area contributed by atoms with Gasteiger partial charge in [0.25, 0.3) is 0 Å². The molecule has 0 aliphatic heterocycles. The molecule has 0 fully saturated rings. The molecule has 0 amide bonds. The predicted octanol–water partition coefficient (Wildman–Crippen LogP) is 2.48. The SMILES string of the molecule is COCc1c(C(=O)O)nnn1Cc1ccc(Cl)cc1Cl. The molecule has 0 bridgehead atoms. The standard InChI is InChI=1S/C12H11Cl2N3O3/c1-20-6-10-11(12(18)19)15-16-17(10)5-7-2-3-8(13)4-9(7)14/h2-4H,5-6H2,1H3,(H,18,19). The van der Waals surface area contributed by atoms with Gasteiger partial charge in [-0.1, -0.05) is 34.5 Å². The Kier molecular flexibility index (Phi) is 4.59. The zero-order valence-electron chi connectivity index (χ0n) is 10.5. The maximum absolute atomic E-state index is 11.1. The lowest BCUT2D eigenvalue weighted by Crippen LogP contribution is -2.10. The number of methoxy groups -OCH3 is 1. The lowest BCUT2D eigenvalue weighted by molar-refractivity contribution is 0.0684. The van der Waals surface area contributed by atoms with Gasteiger partial charge in [0.1, 0.15) is 0 Å². The number of halogens is 2. The smallest absolute Gasteiger partial charge is 0.358 e. The molecule has 1 N–H and O–H groups in total. The minimum atomic E-state index is -1.15. The minimum Gasteiger partial charge on any atom is -0.476 e. The van der Waals surface area contributed by atoms with Gasteiger partial charge in [-0.3, -0.25) is 0 Å². The van der Waals surface area contributed by atoms with Crippen molar-refractivity contribution >= 4 is 29.2 Å². The first-order valence-electron chi connectivity index (χ1n) is 5.61. The fourth-order valence-electron chi connectivity index (χ4n) is 1.72. The molecule has 1 heterocycles. The summed E-state index contributed by atoms with van der Waals surface area (Å²) in [5, 5.41) is 17.5. The van der Waals surface area contributed by atoms with Crippen LogP contribution in [0.1, 0.15) is 21.7 Å². The van der Waals surface area contributed by atoms with Crippen molar-refractivity contribution in [2.75, 3.05) is 7.11 Å². The monoisotopic (exact) mass is 315 g/mol. The Morgan fingerprint density at radius 2 is 2.20 bits per heavy atom. The number of nitrogens with zero attached hydrogens (tertiary/aromatic N) is 3. The molecule has 1 aromatic heterocycles. The van der Waals surface area contributed by atoms with Gasteiger partial charge in [0, 0.05) is 17.2 Å². The number of carbonyl (C=O) groups is 1. The summed E-state index contributed by atoms with van der Waals surface area (Å²) < 4.78 is 6.43. The molecule has 0 radical (unpaired) electrons. The van der Waals surface area contributed by atoms with Crippen molar-refractivity contribution in [3.05, 3.63) is 45.2 Å². The number of hydrogen-bond acceptors (Lipinski definition) is 4. The summed E-state index contributed by atoms with van der Waals surface area (Å²) in [6.45, 7) is 0.384. The maximum atomic E-state index is 11.1. The number of ether oxygens (including phenoxy) is 1. The number of carboxylic acid groups (broad SMARTS) is 1. The van der Waals surface area contributed by atoms with Crippen LogP contribution in [-0.4, -0.2) is 33.2 Å². The Hall–Kier alpha value is -1.63. The number of rotatable bonds is 5. The molecule has 1 aromatic carbocycles. The normalized spacial score (nSPS) is 10.8. The van der Waals surface area contributed by atoms with Gasteiger partial charge in [-0.25, -0.2) is 9.48 Å². The second-order valence-electron chi connectivity index (χ2n) is 4.02. The highest BCUT2D eigenvalue weighted by atomic mass is 35.5. The number of carboxylic acids is 1. The minimum absolute atomic E-state index is 0.0971. The van der Waals surface area contributed by atoms with Crippen molar-refractivity contribution in [1.82, 2.24) is 15.0 Å². The third-order valence-electron chi connectivity index (χ3n) is 2.66. The molecule has 0 saturated heterocycles. The number of aromatic nitrogens is 3. The van der Waals surface area contributed by atoms with E-state index in [1.54, 1.807) is 18.2 Å². The molecule has 106 valence electrons. The molecular formula is C12H11Cl2N3O3. The molecule has 0 saturated carbocycles. The summed E-state index contributed by atoms with van der Waals surface area (Å²) >= 11 is 11.9. The van der Waals surface area contributed by atoms with Gasteiger partial charge < -0.3 is 9.84 Å². The molecular weight excluding hydrogens is 305 g/mol. The average molecular weight is 316 g/mol. The highest BCUT2D eigenvalue weighted by Crippen LogP contribution is 2.22. The van der Waals surface area contributed by atoms with Gasteiger partial charge in [0.05, 0.1) is 18.8 Å². The van der Waals surface area contributed by atoms with E-state index in [1.165, 1.54) is 11.8 Å². The molecule has 20 heavy (non-hydrogen) atoms. The summed E-state index contributed by atoms with van der Waals surface area (Å²) in [5.41, 5.74) is 1.01. The first-order chi connectivity index (χ1) is 9.52. The van der Waals surface area contributed by atoms with E-state index in [9.17, 15) is 4.79 Å². The summed E-state index contributed by atoms with van der Waals surface area (Å²) in [4.78, 5) is 11.1. The van der Waals surface area contributed by atoms with Crippen molar-refractivity contribution in [2.24, 2.45) is 0 Å². The maximum Gasteiger partial charge on any atom is 0.358 e. The fourth-order valence-corrected chi connectivity index (χ4v) is 2.19. The van der Waals surface area contributed by atoms with Gasteiger partial charge in [-0.15, -0.1) is 5.10 Å². The first-order valence-corrected chi connectivity index (χ1v) is 6.37. The second kappa shape index (κ2) is 6.21. The molecule has 2 aromatic rings. The van der Waals surface area contributed by atoms with E-state index in [1.807, 2.05) is 0 Å². The van der Waals surface area contributed by atoms with Crippen LogP contribution in [0, 0.1) is 0 Å².